The quantitative estimate of drug-likeness (QED) is 0.126. The van der Waals surface area contributed by atoms with Gasteiger partial charge in [-0.05, 0) is 86.0 Å². The zero-order valence-electron chi connectivity index (χ0n) is 24.6. The second-order valence-corrected chi connectivity index (χ2v) is 11.3. The van der Waals surface area contributed by atoms with Gasteiger partial charge in [-0.1, -0.05) is 55.5 Å². The highest BCUT2D eigenvalue weighted by Crippen LogP contribution is 2.29. The highest BCUT2D eigenvalue weighted by atomic mass is 32.2. The van der Waals surface area contributed by atoms with Crippen LogP contribution in [0.5, 0.6) is 5.75 Å². The van der Waals surface area contributed by atoms with Crippen LogP contribution in [0.2, 0.25) is 0 Å². The number of benzene rings is 4. The first kappa shape index (κ1) is 31.1. The Kier molecular flexibility index (Phi) is 10.8. The number of rotatable bonds is 11. The van der Waals surface area contributed by atoms with Crippen LogP contribution in [-0.4, -0.2) is 30.1 Å². The van der Waals surface area contributed by atoms with E-state index in [1.54, 1.807) is 55.7 Å². The number of para-hydroxylation sites is 1. The van der Waals surface area contributed by atoms with Gasteiger partial charge in [0, 0.05) is 27.4 Å². The minimum absolute atomic E-state index is 0.0515. The number of amides is 3. The van der Waals surface area contributed by atoms with Crippen LogP contribution in [0.15, 0.2) is 108 Å². The Morgan fingerprint density at radius 1 is 0.814 bits per heavy atom. The molecule has 0 aliphatic carbocycles. The summed E-state index contributed by atoms with van der Waals surface area (Å²) in [7, 11) is 1.55. The van der Waals surface area contributed by atoms with Gasteiger partial charge in [0.25, 0.3) is 11.8 Å². The lowest BCUT2D eigenvalue weighted by molar-refractivity contribution is -0.116. The second kappa shape index (κ2) is 14.9. The summed E-state index contributed by atoms with van der Waals surface area (Å²) in [5.41, 5.74) is 4.57. The number of thioether (sulfide) groups is 1. The minimum Gasteiger partial charge on any atom is -0.496 e. The molecule has 4 aromatic carbocycles. The molecule has 1 atom stereocenters. The SMILES string of the molecule is CCC(Sc1cccc(NC(=O)/C(=C\c2ccccc2OC)NC(=O)c2ccccc2)c1)C(=O)Nc1cc(C)cc(C)c1. The standard InChI is InChI=1S/C35H35N3O4S/c1-5-32(35(41)37-28-19-23(2)18-24(3)20-28)43-29-16-11-15-27(22-29)36-34(40)30(21-26-14-9-10-17-31(26)42-4)38-33(39)25-12-7-6-8-13-25/h6-22,32H,5H2,1-4H3,(H,36,40)(H,37,41)(H,38,39)/b30-21+. The van der Waals surface area contributed by atoms with Crippen molar-refractivity contribution in [3.05, 3.63) is 125 Å². The van der Waals surface area contributed by atoms with E-state index < -0.39 is 11.8 Å². The van der Waals surface area contributed by atoms with Crippen LogP contribution in [0.25, 0.3) is 6.08 Å². The van der Waals surface area contributed by atoms with Gasteiger partial charge in [0.05, 0.1) is 12.4 Å². The molecule has 0 saturated carbocycles. The van der Waals surface area contributed by atoms with E-state index in [9.17, 15) is 14.4 Å². The fourth-order valence-corrected chi connectivity index (χ4v) is 5.50. The summed E-state index contributed by atoms with van der Waals surface area (Å²) in [6.45, 7) is 5.96. The Labute approximate surface area is 256 Å². The van der Waals surface area contributed by atoms with Crippen LogP contribution < -0.4 is 20.7 Å². The molecule has 0 aliphatic heterocycles. The topological polar surface area (TPSA) is 96.5 Å². The van der Waals surface area contributed by atoms with Crippen molar-refractivity contribution < 1.29 is 19.1 Å². The van der Waals surface area contributed by atoms with Crippen molar-refractivity contribution in [1.29, 1.82) is 0 Å². The monoisotopic (exact) mass is 593 g/mol. The molecule has 220 valence electrons. The zero-order valence-corrected chi connectivity index (χ0v) is 25.5. The van der Waals surface area contributed by atoms with Crippen molar-refractivity contribution in [1.82, 2.24) is 5.32 Å². The maximum absolute atomic E-state index is 13.5. The Balaban J connectivity index is 1.52. The van der Waals surface area contributed by atoms with Gasteiger partial charge in [-0.15, -0.1) is 11.8 Å². The van der Waals surface area contributed by atoms with Crippen molar-refractivity contribution in [2.45, 2.75) is 37.3 Å². The Morgan fingerprint density at radius 2 is 1.51 bits per heavy atom. The molecule has 3 N–H and O–H groups in total. The van der Waals surface area contributed by atoms with Crippen molar-refractivity contribution in [3.8, 4) is 5.75 Å². The third-order valence-electron chi connectivity index (χ3n) is 6.49. The predicted octanol–water partition coefficient (Wildman–Crippen LogP) is 7.23. The lowest BCUT2D eigenvalue weighted by atomic mass is 10.1. The molecule has 7 nitrogen and oxygen atoms in total. The van der Waals surface area contributed by atoms with E-state index in [1.165, 1.54) is 11.8 Å². The highest BCUT2D eigenvalue weighted by Gasteiger charge is 2.20. The minimum atomic E-state index is -0.503. The van der Waals surface area contributed by atoms with Crippen molar-refractivity contribution in [3.63, 3.8) is 0 Å². The maximum Gasteiger partial charge on any atom is 0.272 e. The first-order valence-corrected chi connectivity index (χ1v) is 14.8. The van der Waals surface area contributed by atoms with Crippen LogP contribution >= 0.6 is 11.8 Å². The summed E-state index contributed by atoms with van der Waals surface area (Å²) in [6.07, 6.45) is 2.20. The molecule has 1 unspecified atom stereocenters. The molecule has 3 amide bonds. The summed E-state index contributed by atoms with van der Waals surface area (Å²) in [5, 5.41) is 8.34. The first-order chi connectivity index (χ1) is 20.7. The number of hydrogen-bond donors (Lipinski definition) is 3. The molecule has 0 bridgehead atoms. The molecule has 8 heteroatoms. The molecule has 43 heavy (non-hydrogen) atoms. The van der Waals surface area contributed by atoms with Crippen LogP contribution in [0, 0.1) is 13.8 Å². The summed E-state index contributed by atoms with van der Waals surface area (Å²) in [5.74, 6) is -0.443. The molecule has 0 fully saturated rings. The summed E-state index contributed by atoms with van der Waals surface area (Å²) < 4.78 is 5.44. The van der Waals surface area contributed by atoms with E-state index in [1.807, 2.05) is 69.3 Å². The smallest absolute Gasteiger partial charge is 0.272 e. The normalized spacial score (nSPS) is 11.8. The lowest BCUT2D eigenvalue weighted by Crippen LogP contribution is -2.30. The average Bonchev–Trinajstić information content (AvgIpc) is 2.99. The van der Waals surface area contributed by atoms with Crippen LogP contribution in [0.4, 0.5) is 11.4 Å². The Hall–Kier alpha value is -4.82. The number of ether oxygens (including phenoxy) is 1. The van der Waals surface area contributed by atoms with Gasteiger partial charge in [-0.2, -0.15) is 0 Å². The molecule has 0 aliphatic rings. The van der Waals surface area contributed by atoms with Gasteiger partial charge in [-0.25, -0.2) is 0 Å². The van der Waals surface area contributed by atoms with Crippen LogP contribution in [0.1, 0.15) is 40.4 Å². The first-order valence-electron chi connectivity index (χ1n) is 13.9. The molecule has 0 heterocycles. The maximum atomic E-state index is 13.5. The molecule has 4 rings (SSSR count). The van der Waals surface area contributed by atoms with Crippen molar-refractivity contribution in [2.75, 3.05) is 17.7 Å². The fraction of sp³-hybridized carbons (Fsp3) is 0.171. The number of aryl methyl sites for hydroxylation is 2. The van der Waals surface area contributed by atoms with E-state index in [0.29, 0.717) is 29.0 Å². The second-order valence-electron chi connectivity index (χ2n) is 9.98. The van der Waals surface area contributed by atoms with Crippen LogP contribution in [-0.2, 0) is 9.59 Å². The summed E-state index contributed by atoms with van der Waals surface area (Å²) >= 11 is 1.43. The molecule has 0 aromatic heterocycles. The van der Waals surface area contributed by atoms with E-state index in [4.69, 9.17) is 4.74 Å². The third kappa shape index (κ3) is 8.83. The number of carbonyl (C=O) groups excluding carboxylic acids is 3. The van der Waals surface area contributed by atoms with Gasteiger partial charge in [0.15, 0.2) is 0 Å². The average molecular weight is 594 g/mol. The largest absolute Gasteiger partial charge is 0.496 e. The highest BCUT2D eigenvalue weighted by molar-refractivity contribution is 8.00. The van der Waals surface area contributed by atoms with Crippen molar-refractivity contribution in [2.24, 2.45) is 0 Å². The molecular weight excluding hydrogens is 558 g/mol. The number of carbonyl (C=O) groups is 3. The molecule has 0 radical (unpaired) electrons. The van der Waals surface area contributed by atoms with Gasteiger partial charge >= 0.3 is 0 Å². The Bertz CT molecular complexity index is 1620. The van der Waals surface area contributed by atoms with Gasteiger partial charge < -0.3 is 20.7 Å². The van der Waals surface area contributed by atoms with E-state index in [2.05, 4.69) is 22.0 Å². The van der Waals surface area contributed by atoms with Gasteiger partial charge in [0.2, 0.25) is 5.91 Å². The number of nitrogens with one attached hydrogen (secondary N) is 3. The third-order valence-corrected chi connectivity index (χ3v) is 7.85. The number of hydrogen-bond acceptors (Lipinski definition) is 5. The number of methoxy groups -OCH3 is 1. The molecular formula is C35H35N3O4S. The molecule has 0 spiro atoms. The van der Waals surface area contributed by atoms with Gasteiger partial charge in [0.1, 0.15) is 11.4 Å². The van der Waals surface area contributed by atoms with E-state index in [0.717, 1.165) is 21.7 Å². The molecule has 4 aromatic rings. The molecule has 0 saturated heterocycles. The van der Waals surface area contributed by atoms with Gasteiger partial charge in [-0.3, -0.25) is 14.4 Å². The fourth-order valence-electron chi connectivity index (χ4n) is 4.49. The van der Waals surface area contributed by atoms with Crippen molar-refractivity contribution >= 4 is 46.9 Å². The number of anilines is 2. The lowest BCUT2D eigenvalue weighted by Gasteiger charge is -2.16. The van der Waals surface area contributed by atoms with E-state index in [-0.39, 0.29) is 16.9 Å². The summed E-state index contributed by atoms with van der Waals surface area (Å²) in [6, 6.07) is 29.2. The van der Waals surface area contributed by atoms with Crippen LogP contribution in [0.3, 0.4) is 0 Å². The summed E-state index contributed by atoms with van der Waals surface area (Å²) in [4.78, 5) is 40.5. The predicted molar refractivity (Wildman–Crippen MR) is 174 cm³/mol. The Morgan fingerprint density at radius 3 is 2.21 bits per heavy atom. The van der Waals surface area contributed by atoms with E-state index >= 15 is 0 Å². The zero-order chi connectivity index (χ0) is 30.8.